The Kier molecular flexibility index (Phi) is 5.15. The average Bonchev–Trinajstić information content (AvgIpc) is 2.24. The van der Waals surface area contributed by atoms with Gasteiger partial charge in [0.1, 0.15) is 0 Å². The molecular weight excluding hydrogens is 229 g/mol. The highest BCUT2D eigenvalue weighted by Gasteiger charge is 2.10. The standard InChI is InChI=1S/C15H24FNO/c1-11(17)12-6-7-14(13(16)10-12)18-9-5-8-15(2,3)4/h6-7,10-11H,5,8-9,17H2,1-4H3/t11-/m0/s1. The molecule has 0 radical (unpaired) electrons. The Morgan fingerprint density at radius 3 is 2.50 bits per heavy atom. The third kappa shape index (κ3) is 5.05. The summed E-state index contributed by atoms with van der Waals surface area (Å²) < 4.78 is 19.1. The van der Waals surface area contributed by atoms with Crippen LogP contribution < -0.4 is 10.5 Å². The van der Waals surface area contributed by atoms with Gasteiger partial charge in [0, 0.05) is 6.04 Å². The van der Waals surface area contributed by atoms with Crippen LogP contribution in [0.2, 0.25) is 0 Å². The Morgan fingerprint density at radius 2 is 2.00 bits per heavy atom. The molecule has 18 heavy (non-hydrogen) atoms. The van der Waals surface area contributed by atoms with Crippen LogP contribution in [0.1, 0.15) is 52.1 Å². The fourth-order valence-corrected chi connectivity index (χ4v) is 1.70. The number of hydrogen-bond acceptors (Lipinski definition) is 2. The van der Waals surface area contributed by atoms with Crippen LogP contribution >= 0.6 is 0 Å². The minimum atomic E-state index is -0.333. The molecule has 102 valence electrons. The van der Waals surface area contributed by atoms with Gasteiger partial charge in [-0.25, -0.2) is 4.39 Å². The lowest BCUT2D eigenvalue weighted by atomic mass is 9.91. The number of benzene rings is 1. The van der Waals surface area contributed by atoms with E-state index in [1.54, 1.807) is 6.07 Å². The van der Waals surface area contributed by atoms with E-state index in [1.165, 1.54) is 6.07 Å². The van der Waals surface area contributed by atoms with Crippen LogP contribution in [0.3, 0.4) is 0 Å². The maximum absolute atomic E-state index is 13.7. The van der Waals surface area contributed by atoms with Crippen molar-refractivity contribution in [2.45, 2.75) is 46.6 Å². The molecule has 3 heteroatoms. The van der Waals surface area contributed by atoms with E-state index in [0.717, 1.165) is 18.4 Å². The Bertz CT molecular complexity index is 383. The summed E-state index contributed by atoms with van der Waals surface area (Å²) in [5.41, 5.74) is 6.77. The quantitative estimate of drug-likeness (QED) is 0.803. The van der Waals surface area contributed by atoms with Crippen LogP contribution in [0.5, 0.6) is 5.75 Å². The smallest absolute Gasteiger partial charge is 0.165 e. The first kappa shape index (κ1) is 15.0. The number of rotatable bonds is 5. The summed E-state index contributed by atoms with van der Waals surface area (Å²) in [5.74, 6) is -0.0196. The van der Waals surface area contributed by atoms with Crippen molar-refractivity contribution in [1.82, 2.24) is 0 Å². The minimum Gasteiger partial charge on any atom is -0.491 e. The van der Waals surface area contributed by atoms with Crippen molar-refractivity contribution in [3.8, 4) is 5.75 Å². The molecule has 0 aromatic heterocycles. The predicted octanol–water partition coefficient (Wildman–Crippen LogP) is 4.05. The van der Waals surface area contributed by atoms with Gasteiger partial charge in [-0.15, -0.1) is 0 Å². The zero-order valence-electron chi connectivity index (χ0n) is 11.8. The second kappa shape index (κ2) is 6.19. The maximum Gasteiger partial charge on any atom is 0.165 e. The lowest BCUT2D eigenvalue weighted by molar-refractivity contribution is 0.260. The molecule has 2 nitrogen and oxygen atoms in total. The van der Waals surface area contributed by atoms with Crippen LogP contribution in [-0.4, -0.2) is 6.61 Å². The van der Waals surface area contributed by atoms with Gasteiger partial charge in [-0.1, -0.05) is 26.8 Å². The molecule has 2 N–H and O–H groups in total. The molecular formula is C15H24FNO. The molecule has 1 aromatic carbocycles. The lowest BCUT2D eigenvalue weighted by Crippen LogP contribution is -2.09. The van der Waals surface area contributed by atoms with Crippen molar-refractivity contribution in [2.75, 3.05) is 6.61 Å². The molecule has 0 heterocycles. The first-order chi connectivity index (χ1) is 8.29. The number of hydrogen-bond donors (Lipinski definition) is 1. The molecule has 0 saturated carbocycles. The molecule has 1 atom stereocenters. The summed E-state index contributed by atoms with van der Waals surface area (Å²) in [7, 11) is 0. The van der Waals surface area contributed by atoms with Crippen LogP contribution in [0.4, 0.5) is 4.39 Å². The molecule has 0 aliphatic carbocycles. The summed E-state index contributed by atoms with van der Waals surface area (Å²) in [6.45, 7) is 8.94. The molecule has 0 unspecified atom stereocenters. The van der Waals surface area contributed by atoms with E-state index in [0.29, 0.717) is 17.8 Å². The summed E-state index contributed by atoms with van der Waals surface area (Å²) in [4.78, 5) is 0. The molecule has 1 aromatic rings. The van der Waals surface area contributed by atoms with Gasteiger partial charge in [0.25, 0.3) is 0 Å². The largest absolute Gasteiger partial charge is 0.491 e. The van der Waals surface area contributed by atoms with E-state index in [4.69, 9.17) is 10.5 Å². The second-order valence-electron chi connectivity index (χ2n) is 5.99. The Balaban J connectivity index is 2.48. The number of ether oxygens (including phenoxy) is 1. The van der Waals surface area contributed by atoms with E-state index < -0.39 is 0 Å². The third-order valence-electron chi connectivity index (χ3n) is 2.81. The Hall–Kier alpha value is -1.09. The van der Waals surface area contributed by atoms with Crippen molar-refractivity contribution in [1.29, 1.82) is 0 Å². The maximum atomic E-state index is 13.7. The van der Waals surface area contributed by atoms with Crippen LogP contribution in [-0.2, 0) is 0 Å². The van der Waals surface area contributed by atoms with Crippen molar-refractivity contribution in [2.24, 2.45) is 11.1 Å². The lowest BCUT2D eigenvalue weighted by Gasteiger charge is -2.18. The second-order valence-corrected chi connectivity index (χ2v) is 5.99. The third-order valence-corrected chi connectivity index (χ3v) is 2.81. The highest BCUT2D eigenvalue weighted by Crippen LogP contribution is 2.23. The van der Waals surface area contributed by atoms with Gasteiger partial charge in [-0.2, -0.15) is 0 Å². The summed E-state index contributed by atoms with van der Waals surface area (Å²) in [6.07, 6.45) is 1.99. The van der Waals surface area contributed by atoms with E-state index >= 15 is 0 Å². The van der Waals surface area contributed by atoms with Crippen molar-refractivity contribution in [3.63, 3.8) is 0 Å². The fraction of sp³-hybridized carbons (Fsp3) is 0.600. The fourth-order valence-electron chi connectivity index (χ4n) is 1.70. The summed E-state index contributed by atoms with van der Waals surface area (Å²) in [5, 5.41) is 0. The zero-order valence-corrected chi connectivity index (χ0v) is 11.8. The van der Waals surface area contributed by atoms with Gasteiger partial charge in [0.15, 0.2) is 11.6 Å². The highest BCUT2D eigenvalue weighted by atomic mass is 19.1. The normalized spacial score (nSPS) is 13.4. The van der Waals surface area contributed by atoms with Crippen molar-refractivity contribution < 1.29 is 9.13 Å². The van der Waals surface area contributed by atoms with Crippen LogP contribution in [0, 0.1) is 11.2 Å². The summed E-state index contributed by atoms with van der Waals surface area (Å²) in [6, 6.07) is 4.76. The van der Waals surface area contributed by atoms with E-state index in [9.17, 15) is 4.39 Å². The molecule has 0 bridgehead atoms. The van der Waals surface area contributed by atoms with Crippen molar-refractivity contribution >= 4 is 0 Å². The average molecular weight is 253 g/mol. The first-order valence-corrected chi connectivity index (χ1v) is 6.47. The molecule has 0 amide bonds. The monoisotopic (exact) mass is 253 g/mol. The van der Waals surface area contributed by atoms with Gasteiger partial charge in [-0.3, -0.25) is 0 Å². The molecule has 0 aliphatic heterocycles. The first-order valence-electron chi connectivity index (χ1n) is 6.47. The predicted molar refractivity (Wildman–Crippen MR) is 73.2 cm³/mol. The van der Waals surface area contributed by atoms with Gasteiger partial charge >= 0.3 is 0 Å². The van der Waals surface area contributed by atoms with E-state index in [-0.39, 0.29) is 11.9 Å². The van der Waals surface area contributed by atoms with Crippen LogP contribution in [0.25, 0.3) is 0 Å². The van der Waals surface area contributed by atoms with E-state index in [1.807, 2.05) is 13.0 Å². The molecule has 1 rings (SSSR count). The Morgan fingerprint density at radius 1 is 1.33 bits per heavy atom. The van der Waals surface area contributed by atoms with Gasteiger partial charge in [-0.05, 0) is 42.9 Å². The number of nitrogens with two attached hydrogens (primary N) is 1. The van der Waals surface area contributed by atoms with Crippen LogP contribution in [0.15, 0.2) is 18.2 Å². The topological polar surface area (TPSA) is 35.2 Å². The highest BCUT2D eigenvalue weighted by molar-refractivity contribution is 5.30. The minimum absolute atomic E-state index is 0.158. The van der Waals surface area contributed by atoms with E-state index in [2.05, 4.69) is 20.8 Å². The molecule has 0 fully saturated rings. The zero-order chi connectivity index (χ0) is 13.8. The SMILES string of the molecule is C[C@H](N)c1ccc(OCCCC(C)(C)C)c(F)c1. The van der Waals surface area contributed by atoms with Gasteiger partial charge in [0.2, 0.25) is 0 Å². The van der Waals surface area contributed by atoms with Gasteiger partial charge in [0.05, 0.1) is 6.61 Å². The number of halogens is 1. The Labute approximate surface area is 109 Å². The molecule has 0 aliphatic rings. The summed E-state index contributed by atoms with van der Waals surface area (Å²) >= 11 is 0. The van der Waals surface area contributed by atoms with Crippen molar-refractivity contribution in [3.05, 3.63) is 29.6 Å². The molecule has 0 saturated heterocycles. The molecule has 0 spiro atoms. The van der Waals surface area contributed by atoms with Gasteiger partial charge < -0.3 is 10.5 Å².